The zero-order chi connectivity index (χ0) is 31.8. The number of rotatable bonds is 9. The third kappa shape index (κ3) is 5.19. The van der Waals surface area contributed by atoms with E-state index in [0.29, 0.717) is 6.61 Å². The molecule has 47 heavy (non-hydrogen) atoms. The summed E-state index contributed by atoms with van der Waals surface area (Å²) in [5.74, 6) is 0.847. The van der Waals surface area contributed by atoms with E-state index in [2.05, 4.69) is 140 Å². The highest BCUT2D eigenvalue weighted by atomic mass is 32.1. The van der Waals surface area contributed by atoms with Crippen LogP contribution >= 0.6 is 11.3 Å². The molecule has 0 atom stereocenters. The Labute approximate surface area is 280 Å². The fraction of sp³-hybridized carbons (Fsp3) is 0.140. The number of hydrogen-bond acceptors (Lipinski definition) is 4. The van der Waals surface area contributed by atoms with Gasteiger partial charge >= 0.3 is 0 Å². The van der Waals surface area contributed by atoms with Crippen LogP contribution < -0.4 is 9.64 Å². The topological polar surface area (TPSA) is 25.4 Å². The lowest BCUT2D eigenvalue weighted by molar-refractivity contribution is 0.306. The van der Waals surface area contributed by atoms with Crippen molar-refractivity contribution in [1.29, 1.82) is 0 Å². The second-order valence-corrected chi connectivity index (χ2v) is 13.2. The van der Waals surface area contributed by atoms with Crippen LogP contribution in [0.4, 0.5) is 17.1 Å². The van der Waals surface area contributed by atoms with E-state index in [-0.39, 0.29) is 5.41 Å². The van der Waals surface area contributed by atoms with Crippen molar-refractivity contribution in [3.05, 3.63) is 162 Å². The highest BCUT2D eigenvalue weighted by Gasteiger charge is 2.41. The Kier molecular flexibility index (Phi) is 7.59. The highest BCUT2D eigenvalue weighted by Crippen LogP contribution is 2.55. The lowest BCUT2D eigenvalue weighted by atomic mass is 9.73. The van der Waals surface area contributed by atoms with Crippen molar-refractivity contribution in [2.24, 2.45) is 0 Å². The number of benzene rings is 6. The Hall–Kier alpha value is -5.19. The van der Waals surface area contributed by atoms with Crippen molar-refractivity contribution in [2.75, 3.05) is 4.90 Å². The first-order valence-electron chi connectivity index (χ1n) is 16.4. The van der Waals surface area contributed by atoms with E-state index in [4.69, 9.17) is 9.72 Å². The Morgan fingerprint density at radius 1 is 0.617 bits per heavy atom. The summed E-state index contributed by atoms with van der Waals surface area (Å²) in [6.07, 6.45) is 2.04. The van der Waals surface area contributed by atoms with Crippen LogP contribution in [-0.4, -0.2) is 4.98 Å². The van der Waals surface area contributed by atoms with Gasteiger partial charge in [0.2, 0.25) is 0 Å². The summed E-state index contributed by atoms with van der Waals surface area (Å²) in [6.45, 7) is 5.20. The molecule has 3 nitrogen and oxygen atoms in total. The fourth-order valence-electron chi connectivity index (χ4n) is 7.24. The molecule has 0 saturated heterocycles. The summed E-state index contributed by atoms with van der Waals surface area (Å²) < 4.78 is 7.50. The number of para-hydroxylation sites is 2. The van der Waals surface area contributed by atoms with E-state index in [9.17, 15) is 0 Å². The summed E-state index contributed by atoms with van der Waals surface area (Å²) in [5.41, 5.74) is 12.1. The summed E-state index contributed by atoms with van der Waals surface area (Å²) in [4.78, 5) is 7.35. The van der Waals surface area contributed by atoms with Crippen molar-refractivity contribution in [3.63, 3.8) is 0 Å². The zero-order valence-corrected chi connectivity index (χ0v) is 27.5. The predicted molar refractivity (Wildman–Crippen MR) is 197 cm³/mol. The molecule has 7 aromatic rings. The van der Waals surface area contributed by atoms with Crippen molar-refractivity contribution in [2.45, 2.75) is 38.7 Å². The van der Waals surface area contributed by atoms with E-state index in [1.54, 1.807) is 11.3 Å². The van der Waals surface area contributed by atoms with E-state index in [1.165, 1.54) is 32.5 Å². The summed E-state index contributed by atoms with van der Waals surface area (Å²) >= 11 is 1.77. The average Bonchev–Trinajstić information content (AvgIpc) is 3.69. The number of fused-ring (bicyclic) bond motifs is 4. The molecule has 6 aromatic carbocycles. The Bertz CT molecular complexity index is 2150. The molecular weight excluding hydrogens is 593 g/mol. The third-order valence-corrected chi connectivity index (χ3v) is 10.8. The lowest BCUT2D eigenvalue weighted by Gasteiger charge is -2.32. The molecule has 0 amide bonds. The van der Waals surface area contributed by atoms with Gasteiger partial charge in [-0.15, -0.1) is 11.3 Å². The SMILES string of the molecule is CCC1(CC)c2cc(-c3nc4ccccc4s3)ccc2-c2ccc(N(c3ccccc3)c3cccc(OCc4ccccc4)c3)cc21. The maximum absolute atomic E-state index is 6.27. The van der Waals surface area contributed by atoms with Gasteiger partial charge in [-0.1, -0.05) is 98.8 Å². The van der Waals surface area contributed by atoms with E-state index in [0.717, 1.165) is 51.7 Å². The molecule has 0 aliphatic heterocycles. The number of nitrogens with zero attached hydrogens (tertiary/aromatic N) is 2. The largest absolute Gasteiger partial charge is 0.489 e. The highest BCUT2D eigenvalue weighted by molar-refractivity contribution is 7.21. The van der Waals surface area contributed by atoms with E-state index >= 15 is 0 Å². The Balaban J connectivity index is 1.20. The van der Waals surface area contributed by atoms with Crippen LogP contribution in [0, 0.1) is 0 Å². The van der Waals surface area contributed by atoms with Crippen molar-refractivity contribution in [1.82, 2.24) is 4.98 Å². The molecule has 8 rings (SSSR count). The number of hydrogen-bond donors (Lipinski definition) is 0. The molecule has 1 heterocycles. The molecule has 4 heteroatoms. The quantitative estimate of drug-likeness (QED) is 0.159. The molecule has 0 radical (unpaired) electrons. The first-order chi connectivity index (χ1) is 23.2. The Morgan fingerprint density at radius 3 is 2.04 bits per heavy atom. The number of thiazole rings is 1. The normalized spacial score (nSPS) is 12.9. The first-order valence-corrected chi connectivity index (χ1v) is 17.3. The first kappa shape index (κ1) is 29.2. The molecule has 0 saturated carbocycles. The van der Waals surface area contributed by atoms with Crippen LogP contribution in [-0.2, 0) is 12.0 Å². The van der Waals surface area contributed by atoms with E-state index < -0.39 is 0 Å². The van der Waals surface area contributed by atoms with Gasteiger partial charge in [-0.3, -0.25) is 0 Å². The second kappa shape index (κ2) is 12.2. The maximum atomic E-state index is 6.27. The number of anilines is 3. The van der Waals surface area contributed by atoms with Gasteiger partial charge < -0.3 is 9.64 Å². The second-order valence-electron chi connectivity index (χ2n) is 12.2. The van der Waals surface area contributed by atoms with Crippen molar-refractivity contribution in [3.8, 4) is 27.4 Å². The summed E-state index contributed by atoms with van der Waals surface area (Å²) in [6, 6.07) is 51.9. The van der Waals surface area contributed by atoms with Gasteiger partial charge in [0.1, 0.15) is 17.4 Å². The smallest absolute Gasteiger partial charge is 0.124 e. The Morgan fingerprint density at radius 2 is 1.28 bits per heavy atom. The maximum Gasteiger partial charge on any atom is 0.124 e. The van der Waals surface area contributed by atoms with Crippen LogP contribution in [0.15, 0.2) is 146 Å². The summed E-state index contributed by atoms with van der Waals surface area (Å²) in [5, 5.41) is 1.08. The van der Waals surface area contributed by atoms with Crippen molar-refractivity contribution >= 4 is 38.6 Å². The molecule has 0 bridgehead atoms. The molecule has 0 unspecified atom stereocenters. The molecule has 1 aliphatic carbocycles. The van der Waals surface area contributed by atoms with E-state index in [1.807, 2.05) is 24.3 Å². The monoisotopic (exact) mass is 628 g/mol. The minimum Gasteiger partial charge on any atom is -0.489 e. The predicted octanol–water partition coefficient (Wildman–Crippen LogP) is 12.1. The number of aromatic nitrogens is 1. The molecule has 1 aromatic heterocycles. The molecule has 230 valence electrons. The molecule has 0 spiro atoms. The minimum absolute atomic E-state index is 0.0869. The molecule has 0 N–H and O–H groups in total. The van der Waals surface area contributed by atoms with Crippen molar-refractivity contribution < 1.29 is 4.74 Å². The van der Waals surface area contributed by atoms with Gasteiger partial charge in [0, 0.05) is 34.1 Å². The van der Waals surface area contributed by atoms with Gasteiger partial charge in [0.25, 0.3) is 0 Å². The van der Waals surface area contributed by atoms with Gasteiger partial charge in [0.05, 0.1) is 10.2 Å². The standard InChI is InChI=1S/C43H36N2OS/c1-3-43(4-2)38-26-31(42-44-40-20-11-12-21-41(40)47-42)22-24-36(38)37-25-23-34(28-39(37)43)45(32-16-9-6-10-17-32)33-18-13-19-35(27-33)46-29-30-14-7-5-8-15-30/h5-28H,3-4,29H2,1-2H3. The van der Waals surface area contributed by atoms with Crippen LogP contribution in [0.2, 0.25) is 0 Å². The van der Waals surface area contributed by atoms with Gasteiger partial charge in [-0.2, -0.15) is 0 Å². The molecule has 0 fully saturated rings. The van der Waals surface area contributed by atoms with Gasteiger partial charge in [-0.25, -0.2) is 4.98 Å². The van der Waals surface area contributed by atoms with Crippen LogP contribution in [0.1, 0.15) is 43.4 Å². The fourth-order valence-corrected chi connectivity index (χ4v) is 8.20. The van der Waals surface area contributed by atoms with Crippen LogP contribution in [0.3, 0.4) is 0 Å². The zero-order valence-electron chi connectivity index (χ0n) is 26.7. The molecule has 1 aliphatic rings. The van der Waals surface area contributed by atoms with Crippen LogP contribution in [0.5, 0.6) is 5.75 Å². The average molecular weight is 629 g/mol. The minimum atomic E-state index is -0.0869. The van der Waals surface area contributed by atoms with Gasteiger partial charge in [-0.05, 0) is 95.3 Å². The summed E-state index contributed by atoms with van der Waals surface area (Å²) in [7, 11) is 0. The number of ether oxygens (including phenoxy) is 1. The van der Waals surface area contributed by atoms with Gasteiger partial charge in [0.15, 0.2) is 0 Å². The third-order valence-electron chi connectivity index (χ3n) is 9.69. The lowest BCUT2D eigenvalue weighted by Crippen LogP contribution is -2.23. The molecular formula is C43H36N2OS. The van der Waals surface area contributed by atoms with Crippen LogP contribution in [0.25, 0.3) is 31.9 Å².